The van der Waals surface area contributed by atoms with Gasteiger partial charge in [0.1, 0.15) is 12.8 Å². The van der Waals surface area contributed by atoms with Crippen molar-refractivity contribution in [1.29, 1.82) is 0 Å². The minimum Gasteiger partial charge on any atom is -0.495 e. The Morgan fingerprint density at radius 3 is 2.71 bits per heavy atom. The Morgan fingerprint density at radius 2 is 2.11 bits per heavy atom. The molecule has 1 aromatic rings. The summed E-state index contributed by atoms with van der Waals surface area (Å²) in [6, 6.07) is 1.57. The van der Waals surface area contributed by atoms with Crippen LogP contribution in [-0.2, 0) is 19.1 Å². The third-order valence-electron chi connectivity index (χ3n) is 4.36. The Kier molecular flexibility index (Phi) is 8.04. The molecule has 0 aliphatic carbocycles. The van der Waals surface area contributed by atoms with Crippen LogP contribution in [0.1, 0.15) is 60.1 Å². The minimum absolute atomic E-state index is 0.0688. The van der Waals surface area contributed by atoms with Crippen molar-refractivity contribution in [3.8, 4) is 0 Å². The van der Waals surface area contributed by atoms with E-state index in [4.69, 9.17) is 14.3 Å². The summed E-state index contributed by atoms with van der Waals surface area (Å²) in [4.78, 5) is 32.5. The molecule has 0 amide bonds. The molecule has 2 atom stereocenters. The van der Waals surface area contributed by atoms with Gasteiger partial charge in [-0.1, -0.05) is 34.6 Å². The molecule has 8 nitrogen and oxygen atoms in total. The Labute approximate surface area is 165 Å². The molecule has 2 heterocycles. The van der Waals surface area contributed by atoms with E-state index in [0.29, 0.717) is 18.9 Å². The van der Waals surface area contributed by atoms with Crippen LogP contribution in [0.4, 0.5) is 5.82 Å². The average molecular weight is 393 g/mol. The van der Waals surface area contributed by atoms with Gasteiger partial charge in [-0.15, -0.1) is 0 Å². The fraction of sp³-hybridized carbons (Fsp3) is 0.650. The molecule has 2 unspecified atom stereocenters. The molecule has 0 saturated carbocycles. The fourth-order valence-corrected chi connectivity index (χ4v) is 2.77. The van der Waals surface area contributed by atoms with Gasteiger partial charge in [0, 0.05) is 18.2 Å². The maximum absolute atomic E-state index is 12.3. The topological polar surface area (TPSA) is 91.7 Å². The van der Waals surface area contributed by atoms with Crippen LogP contribution in [-0.4, -0.2) is 28.2 Å². The Bertz CT molecular complexity index is 742. The minimum atomic E-state index is -0.467. The lowest BCUT2D eigenvalue weighted by Crippen LogP contribution is -2.28. The van der Waals surface area contributed by atoms with Crippen molar-refractivity contribution < 1.29 is 19.1 Å². The largest absolute Gasteiger partial charge is 0.495 e. The number of aromatic nitrogens is 2. The summed E-state index contributed by atoms with van der Waals surface area (Å²) in [7, 11) is 0. The van der Waals surface area contributed by atoms with Gasteiger partial charge in [-0.2, -0.15) is 4.98 Å². The van der Waals surface area contributed by atoms with E-state index in [-0.39, 0.29) is 24.1 Å². The predicted molar refractivity (Wildman–Crippen MR) is 105 cm³/mol. The van der Waals surface area contributed by atoms with Gasteiger partial charge in [-0.3, -0.25) is 4.57 Å². The number of ether oxygens (including phenoxy) is 2. The van der Waals surface area contributed by atoms with Gasteiger partial charge in [0.05, 0.1) is 17.8 Å². The summed E-state index contributed by atoms with van der Waals surface area (Å²) in [6.45, 7) is 10.2. The first-order valence-electron chi connectivity index (χ1n) is 9.86. The standard InChI is InChI=1S/C20H31N3O5/c1-6-7-16(13(2)3)26-12-15-8-9-18(27-15)23-11-10-17(21-20(23)25)22-28-19(24)14(4)5/h7,10-11,13-15,18H,6,8-9,12H2,1-5H3,(H,21,22,25)/b16-7+. The predicted octanol–water partition coefficient (Wildman–Crippen LogP) is 3.41. The summed E-state index contributed by atoms with van der Waals surface area (Å²) in [6.07, 6.45) is 5.67. The van der Waals surface area contributed by atoms with Crippen LogP contribution >= 0.6 is 0 Å². The smallest absolute Gasteiger partial charge is 0.351 e. The first-order valence-corrected chi connectivity index (χ1v) is 9.86. The van der Waals surface area contributed by atoms with Gasteiger partial charge >= 0.3 is 11.7 Å². The lowest BCUT2D eigenvalue weighted by Gasteiger charge is -2.19. The van der Waals surface area contributed by atoms with Gasteiger partial charge in [0.15, 0.2) is 5.82 Å². The zero-order chi connectivity index (χ0) is 20.7. The molecule has 1 fully saturated rings. The normalized spacial score (nSPS) is 19.9. The molecule has 2 rings (SSSR count). The zero-order valence-electron chi connectivity index (χ0n) is 17.3. The first-order chi connectivity index (χ1) is 13.3. The third kappa shape index (κ3) is 6.09. The van der Waals surface area contributed by atoms with E-state index < -0.39 is 11.7 Å². The van der Waals surface area contributed by atoms with E-state index in [0.717, 1.165) is 18.6 Å². The summed E-state index contributed by atoms with van der Waals surface area (Å²) >= 11 is 0. The molecular formula is C20H31N3O5. The number of hydrogen-bond acceptors (Lipinski definition) is 7. The summed E-state index contributed by atoms with van der Waals surface area (Å²) in [5, 5.41) is 0. The summed E-state index contributed by atoms with van der Waals surface area (Å²) < 4.78 is 13.3. The molecule has 0 bridgehead atoms. The number of allylic oxidation sites excluding steroid dienone is 2. The van der Waals surface area contributed by atoms with Crippen LogP contribution in [0.15, 0.2) is 28.9 Å². The van der Waals surface area contributed by atoms with Crippen LogP contribution in [0.5, 0.6) is 0 Å². The number of hydrogen-bond donors (Lipinski definition) is 1. The monoisotopic (exact) mass is 393 g/mol. The Balaban J connectivity index is 1.91. The van der Waals surface area contributed by atoms with Gasteiger partial charge in [0.2, 0.25) is 0 Å². The van der Waals surface area contributed by atoms with E-state index in [1.54, 1.807) is 26.1 Å². The number of rotatable bonds is 9. The highest BCUT2D eigenvalue weighted by atomic mass is 16.7. The van der Waals surface area contributed by atoms with Crippen molar-refractivity contribution in [2.45, 2.75) is 66.2 Å². The summed E-state index contributed by atoms with van der Waals surface area (Å²) in [5.41, 5.74) is 1.94. The molecular weight excluding hydrogens is 362 g/mol. The molecule has 8 heteroatoms. The Morgan fingerprint density at radius 1 is 1.36 bits per heavy atom. The van der Waals surface area contributed by atoms with Crippen molar-refractivity contribution in [2.24, 2.45) is 11.8 Å². The van der Waals surface area contributed by atoms with Crippen LogP contribution in [0.2, 0.25) is 0 Å². The number of anilines is 1. The molecule has 28 heavy (non-hydrogen) atoms. The van der Waals surface area contributed by atoms with Crippen LogP contribution in [0, 0.1) is 11.8 Å². The molecule has 0 aromatic carbocycles. The average Bonchev–Trinajstić information content (AvgIpc) is 3.11. The third-order valence-corrected chi connectivity index (χ3v) is 4.36. The lowest BCUT2D eigenvalue weighted by molar-refractivity contribution is -0.144. The molecule has 0 spiro atoms. The molecule has 1 aliphatic heterocycles. The van der Waals surface area contributed by atoms with Crippen molar-refractivity contribution in [2.75, 3.05) is 12.1 Å². The van der Waals surface area contributed by atoms with E-state index in [9.17, 15) is 9.59 Å². The molecule has 1 N–H and O–H groups in total. The second kappa shape index (κ2) is 10.3. The van der Waals surface area contributed by atoms with E-state index in [1.807, 2.05) is 0 Å². The van der Waals surface area contributed by atoms with Gasteiger partial charge in [-0.25, -0.2) is 15.1 Å². The van der Waals surface area contributed by atoms with Crippen molar-refractivity contribution >= 4 is 11.8 Å². The van der Waals surface area contributed by atoms with Crippen molar-refractivity contribution in [3.05, 3.63) is 34.6 Å². The van der Waals surface area contributed by atoms with Gasteiger partial charge in [-0.05, 0) is 25.3 Å². The molecule has 1 aliphatic rings. The highest BCUT2D eigenvalue weighted by Crippen LogP contribution is 2.28. The Hall–Kier alpha value is -2.35. The summed E-state index contributed by atoms with van der Waals surface area (Å²) in [5.74, 6) is 0.779. The molecule has 1 aromatic heterocycles. The van der Waals surface area contributed by atoms with Gasteiger partial charge in [0.25, 0.3) is 0 Å². The maximum Gasteiger partial charge on any atom is 0.351 e. The number of carbonyl (C=O) groups is 1. The van der Waals surface area contributed by atoms with E-state index in [1.165, 1.54) is 4.57 Å². The highest BCUT2D eigenvalue weighted by molar-refractivity contribution is 5.72. The molecule has 1 saturated heterocycles. The van der Waals surface area contributed by atoms with Crippen LogP contribution in [0.3, 0.4) is 0 Å². The number of carbonyl (C=O) groups excluding carboxylic acids is 1. The highest BCUT2D eigenvalue weighted by Gasteiger charge is 2.28. The van der Waals surface area contributed by atoms with Crippen molar-refractivity contribution in [3.63, 3.8) is 0 Å². The molecule has 156 valence electrons. The SMILES string of the molecule is CC/C=C(/OCC1CCC(n2ccc(NOC(=O)C(C)C)nc2=O)O1)C(C)C. The number of nitrogens with one attached hydrogen (secondary N) is 1. The fourth-order valence-electron chi connectivity index (χ4n) is 2.77. The van der Waals surface area contributed by atoms with E-state index in [2.05, 4.69) is 37.3 Å². The molecule has 0 radical (unpaired) electrons. The number of nitrogens with zero attached hydrogens (tertiary/aromatic N) is 2. The van der Waals surface area contributed by atoms with E-state index >= 15 is 0 Å². The lowest BCUT2D eigenvalue weighted by atomic mass is 10.1. The van der Waals surface area contributed by atoms with Gasteiger partial charge < -0.3 is 14.3 Å². The second-order valence-corrected chi connectivity index (χ2v) is 7.45. The first kappa shape index (κ1) is 21.9. The quantitative estimate of drug-likeness (QED) is 0.508. The maximum atomic E-state index is 12.3. The van der Waals surface area contributed by atoms with Crippen LogP contribution in [0.25, 0.3) is 0 Å². The van der Waals surface area contributed by atoms with Crippen LogP contribution < -0.4 is 11.2 Å². The van der Waals surface area contributed by atoms with Crippen molar-refractivity contribution in [1.82, 2.24) is 9.55 Å². The second-order valence-electron chi connectivity index (χ2n) is 7.45. The zero-order valence-corrected chi connectivity index (χ0v) is 17.3.